The molecule has 0 bridgehead atoms. The van der Waals surface area contributed by atoms with Gasteiger partial charge in [0.25, 0.3) is 5.91 Å². The lowest BCUT2D eigenvalue weighted by atomic mass is 10.1. The fourth-order valence-electron chi connectivity index (χ4n) is 3.78. The zero-order chi connectivity index (χ0) is 25.1. The van der Waals surface area contributed by atoms with Crippen LogP contribution in [-0.2, 0) is 9.59 Å². The lowest BCUT2D eigenvalue weighted by Gasteiger charge is -2.23. The van der Waals surface area contributed by atoms with Crippen LogP contribution >= 0.6 is 0 Å². The quantitative estimate of drug-likeness (QED) is 0.506. The average Bonchev–Trinajstić information content (AvgIpc) is 3.40. The van der Waals surface area contributed by atoms with Crippen LogP contribution in [0.2, 0.25) is 0 Å². The van der Waals surface area contributed by atoms with Crippen molar-refractivity contribution in [1.29, 1.82) is 0 Å². The average molecular weight is 477 g/mol. The minimum absolute atomic E-state index is 0.109. The lowest BCUT2D eigenvalue weighted by Crippen LogP contribution is -2.35. The summed E-state index contributed by atoms with van der Waals surface area (Å²) in [6.45, 7) is 3.14. The molecule has 1 aliphatic rings. The number of aliphatic imine (C=N–C) groups is 1. The number of hydrogen-bond acceptors (Lipinski definition) is 5. The largest absolute Gasteiger partial charge is 0.495 e. The number of aromatic nitrogens is 2. The number of nitrogens with zero attached hydrogens (tertiary/aromatic N) is 4. The van der Waals surface area contributed by atoms with E-state index in [4.69, 9.17) is 9.84 Å². The molecule has 1 aromatic heterocycles. The van der Waals surface area contributed by atoms with Gasteiger partial charge in [0.1, 0.15) is 23.8 Å². The van der Waals surface area contributed by atoms with E-state index < -0.39 is 24.4 Å². The molecule has 0 radical (unpaired) electrons. The van der Waals surface area contributed by atoms with E-state index in [9.17, 15) is 14.0 Å². The number of carboxylic acids is 1. The van der Waals surface area contributed by atoms with Crippen molar-refractivity contribution in [2.24, 2.45) is 4.99 Å². The topological polar surface area (TPSA) is 109 Å². The van der Waals surface area contributed by atoms with Crippen LogP contribution in [0.1, 0.15) is 29.8 Å². The number of aliphatic carboxylic acids is 1. The van der Waals surface area contributed by atoms with Gasteiger partial charge in [-0.05, 0) is 55.3 Å². The van der Waals surface area contributed by atoms with Crippen LogP contribution in [-0.4, -0.2) is 51.0 Å². The van der Waals surface area contributed by atoms with Crippen LogP contribution in [0.3, 0.4) is 0 Å². The number of methoxy groups -OCH3 is 1. The molecule has 1 amide bonds. The highest BCUT2D eigenvalue weighted by Crippen LogP contribution is 2.29. The number of ether oxygens (including phenoxy) is 1. The Morgan fingerprint density at radius 1 is 1.29 bits per heavy atom. The summed E-state index contributed by atoms with van der Waals surface area (Å²) in [6, 6.07) is 10.7. The first kappa shape index (κ1) is 23.7. The summed E-state index contributed by atoms with van der Waals surface area (Å²) in [6.07, 6.45) is 5.20. The summed E-state index contributed by atoms with van der Waals surface area (Å²) in [5.41, 5.74) is 3.23. The molecule has 4 rings (SSSR count). The van der Waals surface area contributed by atoms with E-state index in [1.165, 1.54) is 17.0 Å². The third-order valence-electron chi connectivity index (χ3n) is 5.53. The first-order valence-corrected chi connectivity index (χ1v) is 10.8. The number of halogens is 1. The molecule has 1 saturated heterocycles. The van der Waals surface area contributed by atoms with Gasteiger partial charge in [0, 0.05) is 6.20 Å². The molecule has 0 spiro atoms. The predicted octanol–water partition coefficient (Wildman–Crippen LogP) is 3.30. The molecule has 9 nitrogen and oxygen atoms in total. The van der Waals surface area contributed by atoms with Crippen LogP contribution in [0.25, 0.3) is 11.8 Å². The van der Waals surface area contributed by atoms with Gasteiger partial charge in [0.05, 0.1) is 30.9 Å². The SMILES string of the molecule is COc1cc(C=C2NC(=NCC(=O)O)N([C@H](C)c3ccc(F)cc3)C2=O)ccc1-n1cnc(C)c1. The number of carboxylic acid groups (broad SMARTS) is 1. The number of hydrogen-bond donors (Lipinski definition) is 2. The first-order valence-electron chi connectivity index (χ1n) is 10.8. The second kappa shape index (κ2) is 9.80. The molecule has 0 aliphatic carbocycles. The summed E-state index contributed by atoms with van der Waals surface area (Å²) in [4.78, 5) is 34.1. The lowest BCUT2D eigenvalue weighted by molar-refractivity contribution is -0.135. The molecule has 1 atom stereocenters. The Hall–Kier alpha value is -4.47. The Labute approximate surface area is 201 Å². The fourth-order valence-corrected chi connectivity index (χ4v) is 3.78. The Bertz CT molecular complexity index is 1330. The van der Waals surface area contributed by atoms with E-state index in [1.54, 1.807) is 44.6 Å². The van der Waals surface area contributed by atoms with E-state index in [-0.39, 0.29) is 17.6 Å². The van der Waals surface area contributed by atoms with E-state index in [1.807, 2.05) is 29.8 Å². The Balaban J connectivity index is 1.68. The molecule has 10 heteroatoms. The molecular weight excluding hydrogens is 453 g/mol. The Morgan fingerprint density at radius 2 is 2.03 bits per heavy atom. The highest BCUT2D eigenvalue weighted by Gasteiger charge is 2.36. The van der Waals surface area contributed by atoms with Crippen molar-refractivity contribution >= 4 is 23.9 Å². The number of carbonyl (C=O) groups is 2. The number of benzene rings is 2. The van der Waals surface area contributed by atoms with Gasteiger partial charge in [-0.2, -0.15) is 0 Å². The number of imidazole rings is 1. The number of aryl methyl sites for hydroxylation is 1. The monoisotopic (exact) mass is 477 g/mol. The minimum Gasteiger partial charge on any atom is -0.495 e. The molecule has 180 valence electrons. The fraction of sp³-hybridized carbons (Fsp3) is 0.200. The summed E-state index contributed by atoms with van der Waals surface area (Å²) in [7, 11) is 1.56. The second-order valence-corrected chi connectivity index (χ2v) is 7.97. The van der Waals surface area contributed by atoms with E-state index in [0.29, 0.717) is 16.9 Å². The van der Waals surface area contributed by atoms with Crippen LogP contribution in [0.15, 0.2) is 65.7 Å². The van der Waals surface area contributed by atoms with Crippen molar-refractivity contribution in [3.8, 4) is 11.4 Å². The predicted molar refractivity (Wildman–Crippen MR) is 128 cm³/mol. The molecule has 2 heterocycles. The number of rotatable bonds is 7. The van der Waals surface area contributed by atoms with E-state index in [0.717, 1.165) is 11.4 Å². The van der Waals surface area contributed by atoms with Crippen molar-refractivity contribution in [2.75, 3.05) is 13.7 Å². The molecular formula is C25H24FN5O4. The molecule has 0 saturated carbocycles. The van der Waals surface area contributed by atoms with Crippen LogP contribution < -0.4 is 10.1 Å². The molecule has 3 aromatic rings. The number of nitrogens with one attached hydrogen (secondary N) is 1. The Morgan fingerprint density at radius 3 is 2.66 bits per heavy atom. The number of guanidine groups is 1. The van der Waals surface area contributed by atoms with Crippen LogP contribution in [0.4, 0.5) is 4.39 Å². The molecule has 1 aliphatic heterocycles. The van der Waals surface area contributed by atoms with Gasteiger partial charge in [-0.25, -0.2) is 14.4 Å². The summed E-state index contributed by atoms with van der Waals surface area (Å²) < 4.78 is 20.8. The van der Waals surface area contributed by atoms with Gasteiger partial charge >= 0.3 is 5.97 Å². The minimum atomic E-state index is -1.13. The zero-order valence-electron chi connectivity index (χ0n) is 19.4. The Kier molecular flexibility index (Phi) is 6.63. The zero-order valence-corrected chi connectivity index (χ0v) is 19.4. The van der Waals surface area contributed by atoms with Gasteiger partial charge in [-0.15, -0.1) is 0 Å². The first-order chi connectivity index (χ1) is 16.8. The van der Waals surface area contributed by atoms with Gasteiger partial charge in [0.15, 0.2) is 0 Å². The number of carbonyl (C=O) groups excluding carboxylic acids is 1. The van der Waals surface area contributed by atoms with Crippen molar-refractivity contribution in [1.82, 2.24) is 19.8 Å². The molecule has 2 aromatic carbocycles. The van der Waals surface area contributed by atoms with Crippen molar-refractivity contribution in [2.45, 2.75) is 19.9 Å². The van der Waals surface area contributed by atoms with Gasteiger partial charge in [0.2, 0.25) is 5.96 Å². The highest BCUT2D eigenvalue weighted by atomic mass is 19.1. The van der Waals surface area contributed by atoms with Crippen LogP contribution in [0.5, 0.6) is 5.75 Å². The van der Waals surface area contributed by atoms with Gasteiger partial charge in [-0.3, -0.25) is 14.5 Å². The van der Waals surface area contributed by atoms with E-state index in [2.05, 4.69) is 15.3 Å². The molecule has 35 heavy (non-hydrogen) atoms. The van der Waals surface area contributed by atoms with E-state index >= 15 is 0 Å². The maximum Gasteiger partial charge on any atom is 0.325 e. The highest BCUT2D eigenvalue weighted by molar-refractivity contribution is 6.16. The van der Waals surface area contributed by atoms with Crippen molar-refractivity contribution in [3.05, 3.63) is 83.3 Å². The summed E-state index contributed by atoms with van der Waals surface area (Å²) in [5.74, 6) is -1.22. The van der Waals surface area contributed by atoms with Gasteiger partial charge in [-0.1, -0.05) is 18.2 Å². The third kappa shape index (κ3) is 5.06. The number of amides is 1. The summed E-state index contributed by atoms with van der Waals surface area (Å²) in [5, 5.41) is 12.0. The smallest absolute Gasteiger partial charge is 0.325 e. The second-order valence-electron chi connectivity index (χ2n) is 7.97. The van der Waals surface area contributed by atoms with Crippen LogP contribution in [0, 0.1) is 12.7 Å². The normalized spacial score (nSPS) is 16.6. The maximum absolute atomic E-state index is 13.4. The molecule has 0 unspecified atom stereocenters. The standard InChI is InChI=1S/C25H24FN5O4/c1-15-13-30(14-28-15)21-9-4-17(11-22(21)35-3)10-20-24(34)31(25(29-20)27-12-23(32)33)16(2)18-5-7-19(26)8-6-18/h4-11,13-14,16H,12H2,1-3H3,(H,27,29)(H,32,33)/t16-/m1/s1. The molecule has 2 N–H and O–H groups in total. The van der Waals surface area contributed by atoms with Gasteiger partial charge < -0.3 is 19.7 Å². The van der Waals surface area contributed by atoms with Crippen molar-refractivity contribution < 1.29 is 23.8 Å². The molecule has 1 fully saturated rings. The maximum atomic E-state index is 13.4. The van der Waals surface area contributed by atoms with Crippen molar-refractivity contribution in [3.63, 3.8) is 0 Å². The summed E-state index contributed by atoms with van der Waals surface area (Å²) >= 11 is 0. The third-order valence-corrected chi connectivity index (χ3v) is 5.53.